The zero-order valence-corrected chi connectivity index (χ0v) is 12.2. The van der Waals surface area contributed by atoms with Crippen molar-refractivity contribution in [1.29, 1.82) is 0 Å². The molecule has 1 heterocycles. The number of halogens is 2. The van der Waals surface area contributed by atoms with Crippen LogP contribution in [0.2, 0.25) is 0 Å². The zero-order valence-electron chi connectivity index (χ0n) is 7.93. The highest BCUT2D eigenvalue weighted by atomic mass is 127. The molecule has 0 bridgehead atoms. The van der Waals surface area contributed by atoms with Gasteiger partial charge >= 0.3 is 0 Å². The molecule has 0 aromatic heterocycles. The van der Waals surface area contributed by atoms with Gasteiger partial charge in [-0.2, -0.15) is 0 Å². The van der Waals surface area contributed by atoms with Crippen molar-refractivity contribution in [1.82, 2.24) is 4.90 Å². The maximum Gasteiger partial charge on any atom is 0.274 e. The lowest BCUT2D eigenvalue weighted by Gasteiger charge is -2.33. The van der Waals surface area contributed by atoms with Crippen molar-refractivity contribution in [2.75, 3.05) is 27.2 Å². The van der Waals surface area contributed by atoms with Gasteiger partial charge in [-0.1, -0.05) is 0 Å². The number of hydrogen-bond acceptors (Lipinski definition) is 3. The standard InChI is InChI=1S/C8H15I2NO2/c1-11(2)5-3-7-4-6-12-8(9,10)13-7/h7H,3-6H2,1-2H3. The van der Waals surface area contributed by atoms with E-state index in [2.05, 4.69) is 64.2 Å². The molecule has 1 saturated heterocycles. The van der Waals surface area contributed by atoms with Crippen LogP contribution in [0.25, 0.3) is 0 Å². The van der Waals surface area contributed by atoms with Gasteiger partial charge in [-0.15, -0.1) is 0 Å². The fourth-order valence-electron chi connectivity index (χ4n) is 1.20. The van der Waals surface area contributed by atoms with E-state index in [0.717, 1.165) is 26.0 Å². The van der Waals surface area contributed by atoms with E-state index in [9.17, 15) is 0 Å². The van der Waals surface area contributed by atoms with Crippen molar-refractivity contribution in [3.8, 4) is 0 Å². The van der Waals surface area contributed by atoms with Gasteiger partial charge in [-0.25, -0.2) is 0 Å². The molecule has 0 aliphatic carbocycles. The first kappa shape index (κ1) is 12.4. The zero-order chi connectivity index (χ0) is 9.90. The van der Waals surface area contributed by atoms with Gasteiger partial charge in [0.25, 0.3) is 1.80 Å². The summed E-state index contributed by atoms with van der Waals surface area (Å²) in [7, 11) is 4.17. The van der Waals surface area contributed by atoms with E-state index in [1.54, 1.807) is 0 Å². The Bertz CT molecular complexity index is 164. The third-order valence-corrected chi connectivity index (χ3v) is 3.04. The lowest BCUT2D eigenvalue weighted by molar-refractivity contribution is -0.165. The monoisotopic (exact) mass is 411 g/mol. The molecule has 0 amide bonds. The molecule has 0 saturated carbocycles. The number of alkyl halides is 2. The van der Waals surface area contributed by atoms with E-state index < -0.39 is 1.80 Å². The average molecular weight is 411 g/mol. The van der Waals surface area contributed by atoms with E-state index in [0.29, 0.717) is 6.10 Å². The molecule has 5 heteroatoms. The SMILES string of the molecule is CN(C)CCC1CCOC(I)(I)O1. The lowest BCUT2D eigenvalue weighted by Crippen LogP contribution is -2.36. The Morgan fingerprint density at radius 3 is 2.69 bits per heavy atom. The Labute approximate surface area is 107 Å². The molecule has 1 rings (SSSR count). The summed E-state index contributed by atoms with van der Waals surface area (Å²) in [5.74, 6) is 0. The van der Waals surface area contributed by atoms with E-state index >= 15 is 0 Å². The highest BCUT2D eigenvalue weighted by molar-refractivity contribution is 14.2. The predicted molar refractivity (Wildman–Crippen MR) is 69.4 cm³/mol. The molecule has 13 heavy (non-hydrogen) atoms. The Morgan fingerprint density at radius 1 is 1.46 bits per heavy atom. The van der Waals surface area contributed by atoms with Crippen molar-refractivity contribution >= 4 is 45.2 Å². The molecule has 0 aromatic rings. The number of rotatable bonds is 3. The molecule has 1 unspecified atom stereocenters. The van der Waals surface area contributed by atoms with Gasteiger partial charge in [0.05, 0.1) is 12.7 Å². The second kappa shape index (κ2) is 5.43. The summed E-state index contributed by atoms with van der Waals surface area (Å²) >= 11 is 4.38. The van der Waals surface area contributed by atoms with Gasteiger partial charge < -0.3 is 14.4 Å². The quantitative estimate of drug-likeness (QED) is 0.526. The molecule has 0 N–H and O–H groups in total. The molecule has 1 fully saturated rings. The topological polar surface area (TPSA) is 21.7 Å². The van der Waals surface area contributed by atoms with Gasteiger partial charge in [0.2, 0.25) is 0 Å². The van der Waals surface area contributed by atoms with Crippen molar-refractivity contribution < 1.29 is 9.47 Å². The maximum absolute atomic E-state index is 5.75. The summed E-state index contributed by atoms with van der Waals surface area (Å²) in [5.41, 5.74) is 0. The first-order valence-corrected chi connectivity index (χ1v) is 6.50. The van der Waals surface area contributed by atoms with Gasteiger partial charge in [0, 0.05) is 45.2 Å². The Kier molecular flexibility index (Phi) is 5.18. The molecule has 1 aliphatic heterocycles. The minimum atomic E-state index is -0.440. The number of hydrogen-bond donors (Lipinski definition) is 0. The van der Waals surface area contributed by atoms with Crippen molar-refractivity contribution in [2.24, 2.45) is 0 Å². The smallest absolute Gasteiger partial charge is 0.274 e. The van der Waals surface area contributed by atoms with Crippen LogP contribution in [0.3, 0.4) is 0 Å². The van der Waals surface area contributed by atoms with Gasteiger partial charge in [0.1, 0.15) is 0 Å². The summed E-state index contributed by atoms with van der Waals surface area (Å²) in [6.07, 6.45) is 2.45. The van der Waals surface area contributed by atoms with Gasteiger partial charge in [0.15, 0.2) is 0 Å². The molecule has 1 aliphatic rings. The first-order chi connectivity index (χ1) is 5.99. The molecule has 0 aromatic carbocycles. The van der Waals surface area contributed by atoms with E-state index in [4.69, 9.17) is 9.47 Å². The van der Waals surface area contributed by atoms with Crippen LogP contribution in [-0.2, 0) is 9.47 Å². The Hall–Kier alpha value is 1.34. The Morgan fingerprint density at radius 2 is 2.15 bits per heavy atom. The summed E-state index contributed by atoms with van der Waals surface area (Å²) in [5, 5.41) is 0. The average Bonchev–Trinajstić information content (AvgIpc) is 1.99. The molecule has 3 nitrogen and oxygen atoms in total. The first-order valence-electron chi connectivity index (χ1n) is 4.34. The summed E-state index contributed by atoms with van der Waals surface area (Å²) < 4.78 is 10.7. The second-order valence-electron chi connectivity index (χ2n) is 3.43. The molecule has 78 valence electrons. The Balaban J connectivity index is 2.26. The molecule has 0 radical (unpaired) electrons. The second-order valence-corrected chi connectivity index (χ2v) is 8.34. The summed E-state index contributed by atoms with van der Waals surface area (Å²) in [6, 6.07) is 0. The molecule has 0 spiro atoms. The van der Waals surface area contributed by atoms with Crippen LogP contribution in [0.1, 0.15) is 12.8 Å². The van der Waals surface area contributed by atoms with Crippen molar-refractivity contribution in [3.63, 3.8) is 0 Å². The van der Waals surface area contributed by atoms with Gasteiger partial charge in [-0.05, 0) is 33.5 Å². The molecular formula is C8H15I2NO2. The minimum absolute atomic E-state index is 0.352. The maximum atomic E-state index is 5.75. The minimum Gasteiger partial charge on any atom is -0.334 e. The van der Waals surface area contributed by atoms with Crippen LogP contribution in [0.4, 0.5) is 0 Å². The van der Waals surface area contributed by atoms with E-state index in [1.807, 2.05) is 0 Å². The lowest BCUT2D eigenvalue weighted by atomic mass is 10.2. The highest BCUT2D eigenvalue weighted by Gasteiger charge is 2.32. The third kappa shape index (κ3) is 5.10. The van der Waals surface area contributed by atoms with E-state index in [1.165, 1.54) is 0 Å². The number of ether oxygens (including phenoxy) is 2. The summed E-state index contributed by atoms with van der Waals surface area (Å²) in [6.45, 7) is 1.89. The van der Waals surface area contributed by atoms with Crippen LogP contribution in [0, 0.1) is 0 Å². The predicted octanol–water partition coefficient (Wildman–Crippen LogP) is 2.22. The fraction of sp³-hybridized carbons (Fsp3) is 1.00. The van der Waals surface area contributed by atoms with Gasteiger partial charge in [-0.3, -0.25) is 0 Å². The van der Waals surface area contributed by atoms with Crippen molar-refractivity contribution in [3.05, 3.63) is 0 Å². The number of nitrogens with zero attached hydrogens (tertiary/aromatic N) is 1. The largest absolute Gasteiger partial charge is 0.334 e. The fourth-order valence-corrected chi connectivity index (χ4v) is 2.36. The summed E-state index contributed by atoms with van der Waals surface area (Å²) in [4.78, 5) is 2.18. The van der Waals surface area contributed by atoms with Crippen LogP contribution < -0.4 is 0 Å². The van der Waals surface area contributed by atoms with Crippen LogP contribution in [-0.4, -0.2) is 40.1 Å². The van der Waals surface area contributed by atoms with E-state index in [-0.39, 0.29) is 0 Å². The van der Waals surface area contributed by atoms with Crippen LogP contribution in [0.15, 0.2) is 0 Å². The molecule has 1 atom stereocenters. The third-order valence-electron chi connectivity index (χ3n) is 1.91. The normalized spacial score (nSPS) is 27.9. The van der Waals surface area contributed by atoms with Crippen LogP contribution >= 0.6 is 45.2 Å². The van der Waals surface area contributed by atoms with Crippen molar-refractivity contribution in [2.45, 2.75) is 20.7 Å². The van der Waals surface area contributed by atoms with Crippen LogP contribution in [0.5, 0.6) is 0 Å². The highest BCUT2D eigenvalue weighted by Crippen LogP contribution is 2.36. The molecular weight excluding hydrogens is 396 g/mol.